The molecule has 0 atom stereocenters. The van der Waals surface area contributed by atoms with Crippen molar-refractivity contribution in [1.29, 1.82) is 0 Å². The highest BCUT2D eigenvalue weighted by atomic mass is 35.5. The maximum Gasteiger partial charge on any atom is 0.337 e. The minimum Gasteiger partial charge on any atom is -0.478 e. The molecule has 0 amide bonds. The lowest BCUT2D eigenvalue weighted by molar-refractivity contribution is -0.139. The standard InChI is InChI=1S/C12H8ClFO4/c1-18-11(15)4-2-3-7-5-9(13)8(12(16)17)6-10(7)14/h5-6H,4H2,1H3,(H,16,17). The molecule has 1 aromatic carbocycles. The lowest BCUT2D eigenvalue weighted by atomic mass is 10.1. The zero-order valence-electron chi connectivity index (χ0n) is 9.29. The number of carbonyl (C=O) groups excluding carboxylic acids is 1. The van der Waals surface area contributed by atoms with E-state index in [2.05, 4.69) is 16.6 Å². The Morgan fingerprint density at radius 1 is 1.50 bits per heavy atom. The zero-order valence-corrected chi connectivity index (χ0v) is 10.0. The van der Waals surface area contributed by atoms with E-state index in [4.69, 9.17) is 16.7 Å². The Morgan fingerprint density at radius 3 is 2.72 bits per heavy atom. The first-order valence-electron chi connectivity index (χ1n) is 4.73. The molecule has 0 saturated heterocycles. The number of rotatable bonds is 2. The van der Waals surface area contributed by atoms with Gasteiger partial charge in [0.05, 0.1) is 23.3 Å². The third-order valence-corrected chi connectivity index (χ3v) is 2.28. The smallest absolute Gasteiger partial charge is 0.337 e. The molecule has 0 saturated carbocycles. The predicted molar refractivity (Wildman–Crippen MR) is 61.9 cm³/mol. The number of esters is 1. The van der Waals surface area contributed by atoms with Crippen molar-refractivity contribution in [3.8, 4) is 11.8 Å². The Balaban J connectivity index is 3.02. The number of carbonyl (C=O) groups is 2. The topological polar surface area (TPSA) is 63.6 Å². The van der Waals surface area contributed by atoms with Gasteiger partial charge in [0.2, 0.25) is 0 Å². The monoisotopic (exact) mass is 270 g/mol. The summed E-state index contributed by atoms with van der Waals surface area (Å²) in [7, 11) is 1.21. The fraction of sp³-hybridized carbons (Fsp3) is 0.167. The van der Waals surface area contributed by atoms with Gasteiger partial charge in [0.1, 0.15) is 12.2 Å². The van der Waals surface area contributed by atoms with Crippen LogP contribution in [0.15, 0.2) is 12.1 Å². The van der Waals surface area contributed by atoms with Gasteiger partial charge in [0.15, 0.2) is 0 Å². The van der Waals surface area contributed by atoms with Gasteiger partial charge in [-0.2, -0.15) is 0 Å². The van der Waals surface area contributed by atoms with Crippen LogP contribution in [0.25, 0.3) is 0 Å². The quantitative estimate of drug-likeness (QED) is 0.660. The van der Waals surface area contributed by atoms with Gasteiger partial charge in [-0.25, -0.2) is 9.18 Å². The fourth-order valence-electron chi connectivity index (χ4n) is 1.09. The number of benzene rings is 1. The summed E-state index contributed by atoms with van der Waals surface area (Å²) in [6, 6.07) is 1.89. The Kier molecular flexibility index (Phi) is 4.69. The minimum atomic E-state index is -1.33. The van der Waals surface area contributed by atoms with Crippen molar-refractivity contribution in [2.24, 2.45) is 0 Å². The van der Waals surface area contributed by atoms with Crippen LogP contribution in [0.4, 0.5) is 4.39 Å². The van der Waals surface area contributed by atoms with Crippen LogP contribution in [-0.4, -0.2) is 24.2 Å². The van der Waals surface area contributed by atoms with Gasteiger partial charge in [-0.1, -0.05) is 23.4 Å². The van der Waals surface area contributed by atoms with Crippen LogP contribution >= 0.6 is 11.6 Å². The molecule has 0 aromatic heterocycles. The molecule has 94 valence electrons. The van der Waals surface area contributed by atoms with Gasteiger partial charge in [-0.05, 0) is 12.1 Å². The Morgan fingerprint density at radius 2 is 2.17 bits per heavy atom. The molecule has 1 rings (SSSR count). The summed E-state index contributed by atoms with van der Waals surface area (Å²) in [4.78, 5) is 21.5. The molecule has 0 bridgehead atoms. The summed E-state index contributed by atoms with van der Waals surface area (Å²) in [5, 5.41) is 8.59. The Bertz CT molecular complexity index is 557. The number of carboxylic acid groups (broad SMARTS) is 1. The molecule has 0 radical (unpaired) electrons. The molecule has 1 aromatic rings. The molecule has 6 heteroatoms. The highest BCUT2D eigenvalue weighted by molar-refractivity contribution is 6.33. The van der Waals surface area contributed by atoms with Crippen LogP contribution in [0.2, 0.25) is 5.02 Å². The van der Waals surface area contributed by atoms with Crippen LogP contribution in [0.5, 0.6) is 0 Å². The van der Waals surface area contributed by atoms with Crippen molar-refractivity contribution in [2.75, 3.05) is 7.11 Å². The van der Waals surface area contributed by atoms with Gasteiger partial charge in [-0.15, -0.1) is 0 Å². The summed E-state index contributed by atoms with van der Waals surface area (Å²) in [5.41, 5.74) is -0.415. The normalized spacial score (nSPS) is 9.28. The van der Waals surface area contributed by atoms with Crippen LogP contribution in [0.3, 0.4) is 0 Å². The number of methoxy groups -OCH3 is 1. The predicted octanol–water partition coefficient (Wildman–Crippen LogP) is 2.09. The zero-order chi connectivity index (χ0) is 13.7. The average Bonchev–Trinajstić information content (AvgIpc) is 2.32. The first-order chi connectivity index (χ1) is 8.45. The van der Waals surface area contributed by atoms with E-state index in [-0.39, 0.29) is 22.6 Å². The first kappa shape index (κ1) is 14.0. The number of hydrogen-bond acceptors (Lipinski definition) is 3. The van der Waals surface area contributed by atoms with Crippen molar-refractivity contribution >= 4 is 23.5 Å². The van der Waals surface area contributed by atoms with Gasteiger partial charge >= 0.3 is 11.9 Å². The van der Waals surface area contributed by atoms with E-state index >= 15 is 0 Å². The number of halogens is 2. The molecule has 0 aliphatic carbocycles. The second-order valence-corrected chi connectivity index (χ2v) is 3.58. The van der Waals surface area contributed by atoms with Gasteiger partial charge in [0, 0.05) is 0 Å². The second kappa shape index (κ2) is 6.03. The van der Waals surface area contributed by atoms with Crippen molar-refractivity contribution < 1.29 is 23.8 Å². The van der Waals surface area contributed by atoms with Crippen LogP contribution in [0.1, 0.15) is 22.3 Å². The number of ether oxygens (including phenoxy) is 1. The summed E-state index contributed by atoms with van der Waals surface area (Å²) >= 11 is 5.66. The maximum absolute atomic E-state index is 13.5. The first-order valence-corrected chi connectivity index (χ1v) is 5.11. The Labute approximate surface area is 107 Å². The largest absolute Gasteiger partial charge is 0.478 e. The highest BCUT2D eigenvalue weighted by Gasteiger charge is 2.12. The molecule has 0 aliphatic heterocycles. The lowest BCUT2D eigenvalue weighted by Crippen LogP contribution is -2.00. The molecule has 0 unspecified atom stereocenters. The van der Waals surface area contributed by atoms with Gasteiger partial charge < -0.3 is 9.84 Å². The molecular formula is C12H8ClFO4. The average molecular weight is 271 g/mol. The number of aromatic carboxylic acids is 1. The summed E-state index contributed by atoms with van der Waals surface area (Å²) in [6.07, 6.45) is -0.186. The third-order valence-electron chi connectivity index (χ3n) is 1.97. The maximum atomic E-state index is 13.5. The summed E-state index contributed by atoms with van der Waals surface area (Å²) < 4.78 is 17.8. The SMILES string of the molecule is COC(=O)CC#Cc1cc(Cl)c(C(=O)O)cc1F. The fourth-order valence-corrected chi connectivity index (χ4v) is 1.33. The molecular weight excluding hydrogens is 263 g/mol. The third kappa shape index (κ3) is 3.47. The van der Waals surface area contributed by atoms with Crippen molar-refractivity contribution in [3.05, 3.63) is 34.1 Å². The van der Waals surface area contributed by atoms with E-state index in [0.717, 1.165) is 12.1 Å². The van der Waals surface area contributed by atoms with E-state index in [0.29, 0.717) is 0 Å². The van der Waals surface area contributed by atoms with Crippen LogP contribution < -0.4 is 0 Å². The van der Waals surface area contributed by atoms with Crippen molar-refractivity contribution in [3.63, 3.8) is 0 Å². The Hall–Kier alpha value is -2.06. The molecule has 0 spiro atoms. The molecule has 18 heavy (non-hydrogen) atoms. The van der Waals surface area contributed by atoms with Crippen molar-refractivity contribution in [1.82, 2.24) is 0 Å². The number of hydrogen-bond donors (Lipinski definition) is 1. The van der Waals surface area contributed by atoms with E-state index < -0.39 is 17.8 Å². The minimum absolute atomic E-state index is 0.0751. The number of carboxylic acids is 1. The van der Waals surface area contributed by atoms with Gasteiger partial charge in [0.25, 0.3) is 0 Å². The molecule has 0 heterocycles. The molecule has 4 nitrogen and oxygen atoms in total. The van der Waals surface area contributed by atoms with E-state index in [9.17, 15) is 14.0 Å². The van der Waals surface area contributed by atoms with Gasteiger partial charge in [-0.3, -0.25) is 4.79 Å². The molecule has 1 N–H and O–H groups in total. The molecule has 0 aliphatic rings. The summed E-state index contributed by atoms with van der Waals surface area (Å²) in [5.74, 6) is 2.10. The van der Waals surface area contributed by atoms with Crippen LogP contribution in [0, 0.1) is 17.7 Å². The lowest BCUT2D eigenvalue weighted by Gasteiger charge is -2.00. The summed E-state index contributed by atoms with van der Waals surface area (Å²) in [6.45, 7) is 0. The highest BCUT2D eigenvalue weighted by Crippen LogP contribution is 2.20. The van der Waals surface area contributed by atoms with Crippen molar-refractivity contribution in [2.45, 2.75) is 6.42 Å². The molecule has 0 fully saturated rings. The second-order valence-electron chi connectivity index (χ2n) is 3.17. The van der Waals surface area contributed by atoms with E-state index in [1.165, 1.54) is 7.11 Å². The van der Waals surface area contributed by atoms with E-state index in [1.807, 2.05) is 0 Å². The van der Waals surface area contributed by atoms with E-state index in [1.54, 1.807) is 0 Å². The van der Waals surface area contributed by atoms with Crippen LogP contribution in [-0.2, 0) is 9.53 Å².